The fourth-order valence-electron chi connectivity index (χ4n) is 3.84. The van der Waals surface area contributed by atoms with Crippen LogP contribution in [-0.2, 0) is 12.5 Å². The molecular formula is C26H34N+. The highest BCUT2D eigenvalue weighted by Gasteiger charge is 2.23. The number of aromatic nitrogens is 1. The lowest BCUT2D eigenvalue weighted by molar-refractivity contribution is -0.665. The van der Waals surface area contributed by atoms with Gasteiger partial charge in [-0.05, 0) is 65.0 Å². The monoisotopic (exact) mass is 360 g/mol. The summed E-state index contributed by atoms with van der Waals surface area (Å²) in [6, 6.07) is 14.1. The molecule has 2 aromatic carbocycles. The normalized spacial score (nSPS) is 12.2. The highest BCUT2D eigenvalue weighted by molar-refractivity contribution is 5.94. The second-order valence-electron chi connectivity index (χ2n) is 9.41. The van der Waals surface area contributed by atoms with E-state index in [0.29, 0.717) is 5.92 Å². The van der Waals surface area contributed by atoms with E-state index in [-0.39, 0.29) is 5.41 Å². The van der Waals surface area contributed by atoms with E-state index in [1.165, 1.54) is 50.0 Å². The molecule has 0 aliphatic heterocycles. The molecule has 0 atom stereocenters. The molecule has 0 spiro atoms. The fourth-order valence-corrected chi connectivity index (χ4v) is 3.84. The molecule has 0 saturated carbocycles. The molecule has 1 nitrogen and oxygen atoms in total. The number of aryl methyl sites for hydroxylation is 2. The van der Waals surface area contributed by atoms with Crippen molar-refractivity contribution in [1.29, 1.82) is 0 Å². The van der Waals surface area contributed by atoms with Crippen LogP contribution in [-0.4, -0.2) is 0 Å². The standard InChI is InChI=1S/C26H34N/c1-16(2)20-12-17(3)19(5)24(15-20)25-23-11-10-22(26(6,7)8)14-21(23)13-18(4)27(25)9/h10-16H,1-9H3/q+1. The van der Waals surface area contributed by atoms with Crippen molar-refractivity contribution in [3.63, 3.8) is 0 Å². The third-order valence-electron chi connectivity index (χ3n) is 6.01. The van der Waals surface area contributed by atoms with Crippen molar-refractivity contribution in [3.8, 4) is 11.3 Å². The Balaban J connectivity index is 2.40. The summed E-state index contributed by atoms with van der Waals surface area (Å²) in [4.78, 5) is 0. The predicted molar refractivity (Wildman–Crippen MR) is 118 cm³/mol. The first kappa shape index (κ1) is 19.6. The first-order chi connectivity index (χ1) is 12.5. The van der Waals surface area contributed by atoms with Crippen molar-refractivity contribution < 1.29 is 4.57 Å². The largest absolute Gasteiger partial charge is 0.220 e. The van der Waals surface area contributed by atoms with Crippen LogP contribution in [0.5, 0.6) is 0 Å². The van der Waals surface area contributed by atoms with Crippen molar-refractivity contribution in [2.24, 2.45) is 7.05 Å². The van der Waals surface area contributed by atoms with Crippen LogP contribution in [0.2, 0.25) is 0 Å². The van der Waals surface area contributed by atoms with Crippen molar-refractivity contribution in [2.75, 3.05) is 0 Å². The Morgan fingerprint density at radius 1 is 0.889 bits per heavy atom. The zero-order valence-corrected chi connectivity index (χ0v) is 18.5. The van der Waals surface area contributed by atoms with Crippen LogP contribution in [0.1, 0.15) is 68.5 Å². The zero-order valence-electron chi connectivity index (χ0n) is 18.5. The Morgan fingerprint density at radius 3 is 2.15 bits per heavy atom. The van der Waals surface area contributed by atoms with Crippen LogP contribution in [0, 0.1) is 20.8 Å². The van der Waals surface area contributed by atoms with Gasteiger partial charge in [0.2, 0.25) is 5.69 Å². The third-order valence-corrected chi connectivity index (χ3v) is 6.01. The molecule has 0 unspecified atom stereocenters. The van der Waals surface area contributed by atoms with Crippen molar-refractivity contribution in [2.45, 2.75) is 66.7 Å². The Labute approximate surface area is 165 Å². The maximum absolute atomic E-state index is 2.40. The van der Waals surface area contributed by atoms with E-state index < -0.39 is 0 Å². The lowest BCUT2D eigenvalue weighted by Crippen LogP contribution is -2.35. The van der Waals surface area contributed by atoms with E-state index in [1.54, 1.807) is 0 Å². The number of hydrogen-bond acceptors (Lipinski definition) is 0. The maximum atomic E-state index is 2.40. The maximum Gasteiger partial charge on any atom is 0.220 e. The second-order valence-corrected chi connectivity index (χ2v) is 9.41. The quantitative estimate of drug-likeness (QED) is 0.449. The second kappa shape index (κ2) is 6.78. The third kappa shape index (κ3) is 3.52. The van der Waals surface area contributed by atoms with Gasteiger partial charge in [-0.3, -0.25) is 0 Å². The molecular weight excluding hydrogens is 326 g/mol. The van der Waals surface area contributed by atoms with Gasteiger partial charge in [0.1, 0.15) is 7.05 Å². The number of hydrogen-bond donors (Lipinski definition) is 0. The number of benzene rings is 2. The average molecular weight is 361 g/mol. The molecule has 0 aliphatic carbocycles. The molecule has 1 aromatic heterocycles. The van der Waals surface area contributed by atoms with Crippen LogP contribution in [0.3, 0.4) is 0 Å². The lowest BCUT2D eigenvalue weighted by atomic mass is 9.85. The molecule has 3 aromatic rings. The molecule has 0 saturated heterocycles. The van der Waals surface area contributed by atoms with Gasteiger partial charge in [-0.1, -0.05) is 52.8 Å². The summed E-state index contributed by atoms with van der Waals surface area (Å²) < 4.78 is 2.35. The summed E-state index contributed by atoms with van der Waals surface area (Å²) in [5, 5.41) is 2.67. The van der Waals surface area contributed by atoms with Gasteiger partial charge < -0.3 is 0 Å². The van der Waals surface area contributed by atoms with Crippen LogP contribution >= 0.6 is 0 Å². The number of nitrogens with zero attached hydrogens (tertiary/aromatic N) is 1. The Morgan fingerprint density at radius 2 is 1.56 bits per heavy atom. The van der Waals surface area contributed by atoms with Gasteiger partial charge in [-0.25, -0.2) is 0 Å². The smallest absolute Gasteiger partial charge is 0.198 e. The van der Waals surface area contributed by atoms with Gasteiger partial charge in [0.15, 0.2) is 5.69 Å². The summed E-state index contributed by atoms with van der Waals surface area (Å²) >= 11 is 0. The Kier molecular flexibility index (Phi) is 4.93. The summed E-state index contributed by atoms with van der Waals surface area (Å²) in [5.41, 5.74) is 9.68. The van der Waals surface area contributed by atoms with Gasteiger partial charge >= 0.3 is 0 Å². The fraction of sp³-hybridized carbons (Fsp3) is 0.423. The van der Waals surface area contributed by atoms with Gasteiger partial charge in [-0.2, -0.15) is 4.57 Å². The molecule has 1 heteroatoms. The molecule has 0 N–H and O–H groups in total. The minimum absolute atomic E-state index is 0.157. The van der Waals surface area contributed by atoms with Crippen LogP contribution in [0.25, 0.3) is 22.0 Å². The molecule has 142 valence electrons. The van der Waals surface area contributed by atoms with E-state index >= 15 is 0 Å². The van der Waals surface area contributed by atoms with E-state index in [4.69, 9.17) is 0 Å². The highest BCUT2D eigenvalue weighted by Crippen LogP contribution is 2.34. The molecule has 3 rings (SSSR count). The van der Waals surface area contributed by atoms with Crippen LogP contribution in [0.4, 0.5) is 0 Å². The van der Waals surface area contributed by atoms with E-state index in [0.717, 1.165) is 0 Å². The molecule has 0 fully saturated rings. The van der Waals surface area contributed by atoms with Gasteiger partial charge in [0, 0.05) is 13.0 Å². The lowest BCUT2D eigenvalue weighted by Gasteiger charge is -2.20. The summed E-state index contributed by atoms with van der Waals surface area (Å²) in [6.07, 6.45) is 0. The molecule has 1 heterocycles. The van der Waals surface area contributed by atoms with Gasteiger partial charge in [0.25, 0.3) is 0 Å². The summed E-state index contributed by atoms with van der Waals surface area (Å²) in [6.45, 7) is 18.1. The molecule has 27 heavy (non-hydrogen) atoms. The Bertz CT molecular complexity index is 1020. The van der Waals surface area contributed by atoms with E-state index in [9.17, 15) is 0 Å². The first-order valence-electron chi connectivity index (χ1n) is 10.1. The number of pyridine rings is 1. The topological polar surface area (TPSA) is 3.88 Å². The molecule has 0 amide bonds. The predicted octanol–water partition coefficient (Wildman–Crippen LogP) is 6.68. The summed E-state index contributed by atoms with van der Waals surface area (Å²) in [5.74, 6) is 0.525. The molecule has 0 bridgehead atoms. The number of rotatable bonds is 2. The minimum Gasteiger partial charge on any atom is -0.198 e. The number of fused-ring (bicyclic) bond motifs is 1. The first-order valence-corrected chi connectivity index (χ1v) is 10.1. The average Bonchev–Trinajstić information content (AvgIpc) is 2.57. The minimum atomic E-state index is 0.157. The van der Waals surface area contributed by atoms with Gasteiger partial charge in [-0.15, -0.1) is 0 Å². The molecule has 0 radical (unpaired) electrons. The molecule has 0 aliphatic rings. The van der Waals surface area contributed by atoms with Crippen LogP contribution < -0.4 is 4.57 Å². The SMILES string of the molecule is Cc1cc(C(C)C)cc(-c2c3ccc(C(C)(C)C)cc3cc(C)[n+]2C)c1C. The van der Waals surface area contributed by atoms with Crippen molar-refractivity contribution >= 4 is 10.8 Å². The van der Waals surface area contributed by atoms with Crippen molar-refractivity contribution in [1.82, 2.24) is 0 Å². The van der Waals surface area contributed by atoms with Crippen LogP contribution in [0.15, 0.2) is 36.4 Å². The summed E-state index contributed by atoms with van der Waals surface area (Å²) in [7, 11) is 2.19. The Hall–Kier alpha value is -2.15. The van der Waals surface area contributed by atoms with E-state index in [2.05, 4.69) is 103 Å². The van der Waals surface area contributed by atoms with E-state index in [1.807, 2.05) is 0 Å². The highest BCUT2D eigenvalue weighted by atomic mass is 14.9. The van der Waals surface area contributed by atoms with Gasteiger partial charge in [0.05, 0.1) is 10.9 Å². The van der Waals surface area contributed by atoms with Crippen molar-refractivity contribution in [3.05, 3.63) is 64.3 Å². The zero-order chi connectivity index (χ0) is 20.1.